The first-order valence-corrected chi connectivity index (χ1v) is 10.7. The highest BCUT2D eigenvalue weighted by molar-refractivity contribution is 7.98. The molecule has 2 aromatic rings. The van der Waals surface area contributed by atoms with Gasteiger partial charge in [0.2, 0.25) is 15.9 Å². The zero-order valence-corrected chi connectivity index (χ0v) is 15.9. The fraction of sp³-hybridized carbons (Fsp3) is 0.278. The van der Waals surface area contributed by atoms with Crippen LogP contribution in [0, 0.1) is 6.92 Å². The number of anilines is 1. The normalized spacial score (nSPS) is 12.6. The molecule has 1 amide bonds. The number of aryl methyl sites for hydroxylation is 1. The van der Waals surface area contributed by atoms with Gasteiger partial charge in [-0.2, -0.15) is 16.5 Å². The minimum absolute atomic E-state index is 0.146. The van der Waals surface area contributed by atoms with Crippen LogP contribution in [0.2, 0.25) is 0 Å². The lowest BCUT2D eigenvalue weighted by Gasteiger charge is -2.19. The van der Waals surface area contributed by atoms with Gasteiger partial charge in [-0.1, -0.05) is 36.4 Å². The number of carbonyl (C=O) groups is 1. The molecule has 0 spiro atoms. The molecule has 0 aromatic heterocycles. The first-order valence-electron chi connectivity index (χ1n) is 7.87. The molecule has 2 rings (SSSR count). The predicted molar refractivity (Wildman–Crippen MR) is 103 cm³/mol. The summed E-state index contributed by atoms with van der Waals surface area (Å²) in [5, 5.41) is 2.82. The monoisotopic (exact) mass is 378 g/mol. The Balaban J connectivity index is 2.18. The van der Waals surface area contributed by atoms with E-state index in [1.54, 1.807) is 36.0 Å². The van der Waals surface area contributed by atoms with Crippen molar-refractivity contribution in [3.05, 3.63) is 60.2 Å². The van der Waals surface area contributed by atoms with E-state index in [0.29, 0.717) is 17.9 Å². The number of thioether (sulfide) groups is 1. The van der Waals surface area contributed by atoms with Crippen molar-refractivity contribution in [3.8, 4) is 0 Å². The molecule has 1 atom stereocenters. The fourth-order valence-corrected chi connectivity index (χ4v) is 3.99. The number of sulfonamides is 1. The Kier molecular flexibility index (Phi) is 7.04. The van der Waals surface area contributed by atoms with E-state index in [9.17, 15) is 13.2 Å². The summed E-state index contributed by atoms with van der Waals surface area (Å²) >= 11 is 1.56. The number of hydrogen-bond acceptors (Lipinski definition) is 4. The molecule has 134 valence electrons. The molecule has 5 nitrogen and oxygen atoms in total. The van der Waals surface area contributed by atoms with E-state index in [2.05, 4.69) is 10.0 Å². The van der Waals surface area contributed by atoms with Gasteiger partial charge < -0.3 is 5.32 Å². The standard InChI is InChI=1S/C18H22N2O3S2/c1-14-8-6-7-11-16(14)19-18(21)17(12-13-24-2)20-25(22,23)15-9-4-3-5-10-15/h3-11,17,20H,12-13H2,1-2H3,(H,19,21). The first-order chi connectivity index (χ1) is 11.9. The molecule has 0 radical (unpaired) electrons. The second kappa shape index (κ2) is 9.03. The van der Waals surface area contributed by atoms with Crippen LogP contribution in [0.5, 0.6) is 0 Å². The molecule has 0 heterocycles. The van der Waals surface area contributed by atoms with Crippen LogP contribution < -0.4 is 10.0 Å². The number of amides is 1. The van der Waals surface area contributed by atoms with Crippen LogP contribution in [0.15, 0.2) is 59.5 Å². The largest absolute Gasteiger partial charge is 0.324 e. The third-order valence-electron chi connectivity index (χ3n) is 3.68. The molecule has 0 fully saturated rings. The number of nitrogens with one attached hydrogen (secondary N) is 2. The topological polar surface area (TPSA) is 75.3 Å². The maximum absolute atomic E-state index is 12.6. The fourth-order valence-electron chi connectivity index (χ4n) is 2.27. The van der Waals surface area contributed by atoms with Gasteiger partial charge in [-0.05, 0) is 49.1 Å². The average molecular weight is 379 g/mol. The quantitative estimate of drug-likeness (QED) is 0.740. The zero-order chi connectivity index (χ0) is 18.3. The van der Waals surface area contributed by atoms with E-state index in [1.807, 2.05) is 31.4 Å². The van der Waals surface area contributed by atoms with E-state index >= 15 is 0 Å². The third kappa shape index (κ3) is 5.59. The molecule has 0 aliphatic rings. The van der Waals surface area contributed by atoms with Gasteiger partial charge in [0, 0.05) is 5.69 Å². The van der Waals surface area contributed by atoms with Crippen LogP contribution in [-0.4, -0.2) is 32.4 Å². The molecule has 1 unspecified atom stereocenters. The summed E-state index contributed by atoms with van der Waals surface area (Å²) in [4.78, 5) is 12.8. The van der Waals surface area contributed by atoms with E-state index in [1.165, 1.54) is 12.1 Å². The molecular formula is C18H22N2O3S2. The number of carbonyl (C=O) groups excluding carboxylic acids is 1. The number of para-hydroxylation sites is 1. The zero-order valence-electron chi connectivity index (χ0n) is 14.2. The van der Waals surface area contributed by atoms with Crippen LogP contribution >= 0.6 is 11.8 Å². The van der Waals surface area contributed by atoms with Gasteiger partial charge in [-0.3, -0.25) is 4.79 Å². The SMILES string of the molecule is CSCCC(NS(=O)(=O)c1ccccc1)C(=O)Nc1ccccc1C. The van der Waals surface area contributed by atoms with Crippen LogP contribution in [0.1, 0.15) is 12.0 Å². The minimum Gasteiger partial charge on any atom is -0.324 e. The van der Waals surface area contributed by atoms with Crippen molar-refractivity contribution in [3.63, 3.8) is 0 Å². The van der Waals surface area contributed by atoms with Crippen molar-refractivity contribution < 1.29 is 13.2 Å². The molecule has 25 heavy (non-hydrogen) atoms. The van der Waals surface area contributed by atoms with Gasteiger partial charge in [0.25, 0.3) is 0 Å². The second-order valence-corrected chi connectivity index (χ2v) is 8.27. The van der Waals surface area contributed by atoms with Crippen molar-refractivity contribution in [2.45, 2.75) is 24.3 Å². The van der Waals surface area contributed by atoms with Gasteiger partial charge >= 0.3 is 0 Å². The summed E-state index contributed by atoms with van der Waals surface area (Å²) in [5.74, 6) is 0.311. The van der Waals surface area contributed by atoms with Crippen molar-refractivity contribution in [2.24, 2.45) is 0 Å². The van der Waals surface area contributed by atoms with Gasteiger partial charge in [0.05, 0.1) is 4.90 Å². The Hall–Kier alpha value is -1.83. The average Bonchev–Trinajstić information content (AvgIpc) is 2.61. The molecule has 0 saturated carbocycles. The van der Waals surface area contributed by atoms with Crippen molar-refractivity contribution in [1.29, 1.82) is 0 Å². The summed E-state index contributed by atoms with van der Waals surface area (Å²) in [6.45, 7) is 1.89. The molecule has 0 saturated heterocycles. The number of hydrogen-bond donors (Lipinski definition) is 2. The van der Waals surface area contributed by atoms with Gasteiger partial charge in [-0.25, -0.2) is 8.42 Å². The van der Waals surface area contributed by atoms with Gasteiger partial charge in [0.1, 0.15) is 6.04 Å². The van der Waals surface area contributed by atoms with E-state index in [0.717, 1.165) is 5.56 Å². The predicted octanol–water partition coefficient (Wildman–Crippen LogP) is 3.03. The Morgan fingerprint density at radius 1 is 1.08 bits per heavy atom. The highest BCUT2D eigenvalue weighted by atomic mass is 32.2. The summed E-state index contributed by atoms with van der Waals surface area (Å²) < 4.78 is 27.6. The second-order valence-electron chi connectivity index (χ2n) is 5.57. The summed E-state index contributed by atoms with van der Waals surface area (Å²) in [5.41, 5.74) is 1.60. The first kappa shape index (κ1) is 19.5. The minimum atomic E-state index is -3.76. The molecule has 7 heteroatoms. The van der Waals surface area contributed by atoms with E-state index in [-0.39, 0.29) is 10.8 Å². The van der Waals surface area contributed by atoms with Crippen molar-refractivity contribution in [1.82, 2.24) is 4.72 Å². The third-order valence-corrected chi connectivity index (χ3v) is 5.81. The molecule has 0 bridgehead atoms. The highest BCUT2D eigenvalue weighted by Crippen LogP contribution is 2.16. The summed E-state index contributed by atoms with van der Waals surface area (Å²) in [7, 11) is -3.76. The van der Waals surface area contributed by atoms with Crippen LogP contribution in [-0.2, 0) is 14.8 Å². The van der Waals surface area contributed by atoms with Gasteiger partial charge in [0.15, 0.2) is 0 Å². The molecular weight excluding hydrogens is 356 g/mol. The Bertz CT molecular complexity index is 808. The Labute approximate surface area is 153 Å². The summed E-state index contributed by atoms with van der Waals surface area (Å²) in [6, 6.07) is 14.6. The molecule has 2 N–H and O–H groups in total. The number of rotatable bonds is 8. The van der Waals surface area contributed by atoms with Crippen LogP contribution in [0.3, 0.4) is 0 Å². The van der Waals surface area contributed by atoms with Crippen molar-refractivity contribution >= 4 is 33.4 Å². The van der Waals surface area contributed by atoms with E-state index in [4.69, 9.17) is 0 Å². The lowest BCUT2D eigenvalue weighted by Crippen LogP contribution is -2.44. The lowest BCUT2D eigenvalue weighted by atomic mass is 10.1. The van der Waals surface area contributed by atoms with Crippen LogP contribution in [0.4, 0.5) is 5.69 Å². The highest BCUT2D eigenvalue weighted by Gasteiger charge is 2.25. The number of benzene rings is 2. The van der Waals surface area contributed by atoms with Crippen LogP contribution in [0.25, 0.3) is 0 Å². The maximum Gasteiger partial charge on any atom is 0.242 e. The smallest absolute Gasteiger partial charge is 0.242 e. The molecule has 2 aromatic carbocycles. The lowest BCUT2D eigenvalue weighted by molar-refractivity contribution is -0.117. The van der Waals surface area contributed by atoms with Gasteiger partial charge in [-0.15, -0.1) is 0 Å². The maximum atomic E-state index is 12.6. The summed E-state index contributed by atoms with van der Waals surface area (Å²) in [6.07, 6.45) is 2.33. The molecule has 0 aliphatic heterocycles. The van der Waals surface area contributed by atoms with Crippen molar-refractivity contribution in [2.75, 3.05) is 17.3 Å². The van der Waals surface area contributed by atoms with E-state index < -0.39 is 16.1 Å². The Morgan fingerprint density at radius 2 is 1.72 bits per heavy atom. The Morgan fingerprint density at radius 3 is 2.36 bits per heavy atom. The molecule has 0 aliphatic carbocycles.